The van der Waals surface area contributed by atoms with Crippen molar-refractivity contribution in [3.63, 3.8) is 0 Å². The number of quaternary nitrogens is 1. The topological polar surface area (TPSA) is 69.1 Å². The van der Waals surface area contributed by atoms with Gasteiger partial charge in [0.15, 0.2) is 6.54 Å². The summed E-state index contributed by atoms with van der Waals surface area (Å²) in [6.45, 7) is 2.67. The van der Waals surface area contributed by atoms with E-state index in [9.17, 15) is 9.59 Å². The molecule has 2 N–H and O–H groups in total. The van der Waals surface area contributed by atoms with Gasteiger partial charge in [0.25, 0.3) is 5.91 Å². The van der Waals surface area contributed by atoms with E-state index < -0.39 is 6.09 Å². The monoisotopic (exact) mass is 359 g/mol. The van der Waals surface area contributed by atoms with Crippen molar-refractivity contribution in [1.82, 2.24) is 5.32 Å². The molecule has 1 aromatic carbocycles. The Hall–Kier alpha value is -1.60. The minimum Gasteiger partial charge on any atom is -0.496 e. The average Bonchev–Trinajstić information content (AvgIpc) is 2.38. The summed E-state index contributed by atoms with van der Waals surface area (Å²) < 4.78 is 10.9. The van der Waals surface area contributed by atoms with Crippen LogP contribution in [0.3, 0.4) is 0 Å². The fourth-order valence-corrected chi connectivity index (χ4v) is 2.28. The van der Waals surface area contributed by atoms with Crippen molar-refractivity contribution >= 4 is 27.9 Å². The van der Waals surface area contributed by atoms with Gasteiger partial charge in [0, 0.05) is 10.0 Å². The first-order valence-corrected chi connectivity index (χ1v) is 7.35. The van der Waals surface area contributed by atoms with Gasteiger partial charge in [-0.15, -0.1) is 0 Å². The molecule has 0 spiro atoms. The third-order valence-corrected chi connectivity index (χ3v) is 3.21. The fraction of sp³-hybridized carbons (Fsp3) is 0.429. The zero-order chi connectivity index (χ0) is 15.8. The number of carbonyl (C=O) groups excluding carboxylic acids is 2. The predicted octanol–water partition coefficient (Wildman–Crippen LogP) is 0.745. The summed E-state index contributed by atoms with van der Waals surface area (Å²) in [7, 11) is 3.47. The second-order valence-corrected chi connectivity index (χ2v) is 5.45. The maximum absolute atomic E-state index is 11.7. The number of imide groups is 1. The standard InChI is InChI=1S/C14H19BrN2O4/c1-4-21-14(19)16-13(18)9-17(2)8-10-7-11(15)5-6-12(10)20-3/h5-7H,4,8-9H2,1-3H3,(H,16,18,19)/p+1. The number of carbonyl (C=O) groups is 2. The second-order valence-electron chi connectivity index (χ2n) is 4.54. The summed E-state index contributed by atoms with van der Waals surface area (Å²) in [6, 6.07) is 5.71. The Morgan fingerprint density at radius 2 is 2.10 bits per heavy atom. The lowest BCUT2D eigenvalue weighted by atomic mass is 10.2. The summed E-state index contributed by atoms with van der Waals surface area (Å²) in [6.07, 6.45) is -0.713. The van der Waals surface area contributed by atoms with Gasteiger partial charge in [0.1, 0.15) is 12.3 Å². The number of likely N-dealkylation sites (N-methyl/N-ethyl adjacent to an activating group) is 1. The summed E-state index contributed by atoms with van der Waals surface area (Å²) in [4.78, 5) is 23.8. The largest absolute Gasteiger partial charge is 0.496 e. The van der Waals surface area contributed by atoms with Crippen molar-refractivity contribution in [2.24, 2.45) is 0 Å². The molecule has 0 heterocycles. The van der Waals surface area contributed by atoms with E-state index in [1.54, 1.807) is 14.0 Å². The molecule has 0 saturated carbocycles. The quantitative estimate of drug-likeness (QED) is 0.786. The molecule has 116 valence electrons. The molecule has 0 radical (unpaired) electrons. The number of benzene rings is 1. The Labute approximate surface area is 132 Å². The van der Waals surface area contributed by atoms with Crippen molar-refractivity contribution in [1.29, 1.82) is 0 Å². The molecular weight excluding hydrogens is 340 g/mol. The number of ether oxygens (including phenoxy) is 2. The minimum absolute atomic E-state index is 0.161. The Kier molecular flexibility index (Phi) is 7.18. The third kappa shape index (κ3) is 6.14. The van der Waals surface area contributed by atoms with Gasteiger partial charge in [0.2, 0.25) is 0 Å². The van der Waals surface area contributed by atoms with Crippen LogP contribution in [0.2, 0.25) is 0 Å². The number of nitrogens with one attached hydrogen (secondary N) is 2. The summed E-state index contributed by atoms with van der Waals surface area (Å²) in [5.41, 5.74) is 0.980. The molecule has 0 aliphatic rings. The Morgan fingerprint density at radius 3 is 2.71 bits per heavy atom. The first-order chi connectivity index (χ1) is 9.96. The molecule has 1 atom stereocenters. The zero-order valence-corrected chi connectivity index (χ0v) is 14.0. The van der Waals surface area contributed by atoms with Crippen LogP contribution in [0.1, 0.15) is 12.5 Å². The number of alkyl carbamates (subject to hydrolysis) is 1. The number of hydrogen-bond acceptors (Lipinski definition) is 4. The minimum atomic E-state index is -0.713. The van der Waals surface area contributed by atoms with Crippen molar-refractivity contribution < 1.29 is 24.0 Å². The van der Waals surface area contributed by atoms with Gasteiger partial charge in [-0.05, 0) is 25.1 Å². The van der Waals surface area contributed by atoms with Gasteiger partial charge in [-0.2, -0.15) is 0 Å². The predicted molar refractivity (Wildman–Crippen MR) is 81.3 cm³/mol. The highest BCUT2D eigenvalue weighted by atomic mass is 79.9. The van der Waals surface area contributed by atoms with E-state index in [1.807, 2.05) is 25.2 Å². The second kappa shape index (κ2) is 8.63. The number of hydrogen-bond donors (Lipinski definition) is 2. The molecule has 0 aromatic heterocycles. The molecule has 0 aliphatic carbocycles. The molecule has 0 aliphatic heterocycles. The summed E-state index contributed by atoms with van der Waals surface area (Å²) in [5.74, 6) is 0.392. The summed E-state index contributed by atoms with van der Waals surface area (Å²) >= 11 is 3.41. The van der Waals surface area contributed by atoms with Crippen LogP contribution in [0.15, 0.2) is 22.7 Å². The Morgan fingerprint density at radius 1 is 1.38 bits per heavy atom. The maximum atomic E-state index is 11.7. The van der Waals surface area contributed by atoms with Crippen molar-refractivity contribution in [2.75, 3.05) is 27.3 Å². The normalized spacial score (nSPS) is 11.6. The van der Waals surface area contributed by atoms with Gasteiger partial charge in [0.05, 0.1) is 20.8 Å². The van der Waals surface area contributed by atoms with Crippen LogP contribution in [0.25, 0.3) is 0 Å². The van der Waals surface area contributed by atoms with Crippen LogP contribution in [0.5, 0.6) is 5.75 Å². The van der Waals surface area contributed by atoms with Crippen molar-refractivity contribution in [2.45, 2.75) is 13.5 Å². The molecule has 1 unspecified atom stereocenters. The molecule has 0 bridgehead atoms. The smallest absolute Gasteiger partial charge is 0.414 e. The van der Waals surface area contributed by atoms with E-state index in [0.717, 1.165) is 20.7 Å². The molecule has 6 nitrogen and oxygen atoms in total. The molecule has 1 aromatic rings. The first kappa shape index (κ1) is 17.5. The molecule has 1 rings (SSSR count). The SMILES string of the molecule is CCOC(=O)NC(=O)C[NH+](C)Cc1cc(Br)ccc1OC. The van der Waals surface area contributed by atoms with Crippen LogP contribution >= 0.6 is 15.9 Å². The Bertz CT molecular complexity index is 508. The summed E-state index contributed by atoms with van der Waals surface area (Å²) in [5, 5.41) is 2.18. The first-order valence-electron chi connectivity index (χ1n) is 6.56. The van der Waals surface area contributed by atoms with Gasteiger partial charge < -0.3 is 14.4 Å². The molecule has 21 heavy (non-hydrogen) atoms. The highest BCUT2D eigenvalue weighted by Crippen LogP contribution is 2.21. The molecule has 2 amide bonds. The lowest BCUT2D eigenvalue weighted by molar-refractivity contribution is -0.885. The average molecular weight is 360 g/mol. The van der Waals surface area contributed by atoms with E-state index in [1.165, 1.54) is 0 Å². The van der Waals surface area contributed by atoms with E-state index in [4.69, 9.17) is 4.74 Å². The van der Waals surface area contributed by atoms with Crippen LogP contribution in [0.4, 0.5) is 4.79 Å². The number of methoxy groups -OCH3 is 1. The number of amides is 2. The molecule has 7 heteroatoms. The van der Waals surface area contributed by atoms with E-state index >= 15 is 0 Å². The van der Waals surface area contributed by atoms with Crippen LogP contribution in [-0.2, 0) is 16.1 Å². The highest BCUT2D eigenvalue weighted by molar-refractivity contribution is 9.10. The lowest BCUT2D eigenvalue weighted by Crippen LogP contribution is -3.09. The van der Waals surface area contributed by atoms with Gasteiger partial charge in [-0.25, -0.2) is 4.79 Å². The van der Waals surface area contributed by atoms with E-state index in [2.05, 4.69) is 26.0 Å². The number of halogens is 1. The van der Waals surface area contributed by atoms with Crippen LogP contribution in [-0.4, -0.2) is 39.3 Å². The third-order valence-electron chi connectivity index (χ3n) is 2.71. The molecular formula is C14H20BrN2O4+. The lowest BCUT2D eigenvalue weighted by Gasteiger charge is -2.15. The zero-order valence-electron chi connectivity index (χ0n) is 12.4. The molecule has 0 saturated heterocycles. The van der Waals surface area contributed by atoms with Crippen molar-refractivity contribution in [3.05, 3.63) is 28.2 Å². The van der Waals surface area contributed by atoms with Gasteiger partial charge in [-0.3, -0.25) is 10.1 Å². The van der Waals surface area contributed by atoms with Crippen LogP contribution in [0, 0.1) is 0 Å². The number of rotatable bonds is 6. The molecule has 0 fully saturated rings. The van der Waals surface area contributed by atoms with Crippen molar-refractivity contribution in [3.8, 4) is 5.75 Å². The maximum Gasteiger partial charge on any atom is 0.414 e. The highest BCUT2D eigenvalue weighted by Gasteiger charge is 2.16. The Balaban J connectivity index is 2.57. The van der Waals surface area contributed by atoms with Gasteiger partial charge >= 0.3 is 6.09 Å². The van der Waals surface area contributed by atoms with E-state index in [0.29, 0.717) is 6.54 Å². The van der Waals surface area contributed by atoms with E-state index in [-0.39, 0.29) is 19.1 Å². The van der Waals surface area contributed by atoms with Gasteiger partial charge in [-0.1, -0.05) is 15.9 Å². The fourth-order valence-electron chi connectivity index (χ4n) is 1.87. The van der Waals surface area contributed by atoms with Crippen LogP contribution < -0.4 is 15.0 Å².